The van der Waals surface area contributed by atoms with E-state index in [1.54, 1.807) is 4.57 Å². The quantitative estimate of drug-likeness (QED) is 0.568. The second-order valence-corrected chi connectivity index (χ2v) is 7.85. The summed E-state index contributed by atoms with van der Waals surface area (Å²) >= 11 is 0. The predicted molar refractivity (Wildman–Crippen MR) is 117 cm³/mol. The van der Waals surface area contributed by atoms with E-state index in [9.17, 15) is 13.2 Å². The van der Waals surface area contributed by atoms with E-state index >= 15 is 0 Å². The van der Waals surface area contributed by atoms with Gasteiger partial charge in [0.1, 0.15) is 0 Å². The van der Waals surface area contributed by atoms with E-state index in [-0.39, 0.29) is 12.2 Å². The molecule has 0 atom stereocenters. The van der Waals surface area contributed by atoms with Crippen LogP contribution in [0.3, 0.4) is 0 Å². The zero-order valence-corrected chi connectivity index (χ0v) is 19.3. The highest BCUT2D eigenvalue weighted by atomic mass is 19.4. The molecule has 4 nitrogen and oxygen atoms in total. The van der Waals surface area contributed by atoms with Crippen LogP contribution in [0.15, 0.2) is 12.1 Å². The lowest BCUT2D eigenvalue weighted by atomic mass is 10.0. The number of aromatic nitrogens is 2. The van der Waals surface area contributed by atoms with E-state index in [0.29, 0.717) is 19.0 Å². The van der Waals surface area contributed by atoms with Gasteiger partial charge >= 0.3 is 6.18 Å². The molecule has 0 radical (unpaired) electrons. The number of rotatable bonds is 5. The third kappa shape index (κ3) is 4.99. The fraction of sp³-hybridized carbons (Fsp3) is 0.609. The predicted octanol–water partition coefficient (Wildman–Crippen LogP) is 6.24. The molecule has 0 amide bonds. The summed E-state index contributed by atoms with van der Waals surface area (Å²) in [5.74, 6) is 0.411. The summed E-state index contributed by atoms with van der Waals surface area (Å²) in [7, 11) is 1.86. The maximum absolute atomic E-state index is 13.8. The molecule has 3 rings (SSSR count). The number of halogens is 3. The van der Waals surface area contributed by atoms with Gasteiger partial charge in [0.15, 0.2) is 5.69 Å². The van der Waals surface area contributed by atoms with Crippen molar-refractivity contribution < 1.29 is 13.2 Å². The lowest BCUT2D eigenvalue weighted by Crippen LogP contribution is -2.31. The Morgan fingerprint density at radius 2 is 1.67 bits per heavy atom. The van der Waals surface area contributed by atoms with Gasteiger partial charge < -0.3 is 14.4 Å². The molecule has 0 saturated heterocycles. The minimum atomic E-state index is -4.46. The number of benzene rings is 1. The summed E-state index contributed by atoms with van der Waals surface area (Å²) in [4.78, 5) is 8.03. The number of hydrogen-bond acceptors (Lipinski definition) is 3. The van der Waals surface area contributed by atoms with Gasteiger partial charge in [0.2, 0.25) is 5.95 Å². The zero-order valence-electron chi connectivity index (χ0n) is 19.3. The Bertz CT molecular complexity index is 832. The Morgan fingerprint density at radius 1 is 1.07 bits per heavy atom. The molecule has 2 heterocycles. The minimum absolute atomic E-state index is 0.245. The fourth-order valence-electron chi connectivity index (χ4n) is 4.32. The monoisotopic (exact) mass is 424 g/mol. The molecule has 7 heteroatoms. The van der Waals surface area contributed by atoms with Gasteiger partial charge in [0, 0.05) is 25.3 Å². The lowest BCUT2D eigenvalue weighted by molar-refractivity contribution is -0.141. The van der Waals surface area contributed by atoms with Crippen molar-refractivity contribution in [3.8, 4) is 0 Å². The Kier molecular flexibility index (Phi) is 7.97. The summed E-state index contributed by atoms with van der Waals surface area (Å²) in [6.45, 7) is 14.3. The Morgan fingerprint density at radius 3 is 2.20 bits per heavy atom. The highest BCUT2D eigenvalue weighted by Gasteiger charge is 2.41. The summed E-state index contributed by atoms with van der Waals surface area (Å²) in [5, 5.41) is 0. The van der Waals surface area contributed by atoms with E-state index in [4.69, 9.17) is 0 Å². The largest absolute Gasteiger partial charge is 0.435 e. The molecule has 0 aliphatic carbocycles. The van der Waals surface area contributed by atoms with Gasteiger partial charge in [-0.1, -0.05) is 38.5 Å². The molecule has 1 aliphatic heterocycles. The molecule has 0 saturated carbocycles. The molecule has 0 N–H and O–H groups in total. The molecular weight excluding hydrogens is 389 g/mol. The number of fused-ring (bicyclic) bond motifs is 1. The Hall–Kier alpha value is -2.02. The van der Waals surface area contributed by atoms with Crippen molar-refractivity contribution in [1.82, 2.24) is 14.5 Å². The maximum Gasteiger partial charge on any atom is 0.435 e. The maximum atomic E-state index is 13.8. The van der Waals surface area contributed by atoms with Crippen molar-refractivity contribution in [2.75, 3.05) is 25.0 Å². The minimum Gasteiger partial charge on any atom is -0.312 e. The van der Waals surface area contributed by atoms with Crippen molar-refractivity contribution in [3.05, 3.63) is 40.2 Å². The average Bonchev–Trinajstić information content (AvgIpc) is 3.02. The van der Waals surface area contributed by atoms with E-state index in [1.807, 2.05) is 58.4 Å². The van der Waals surface area contributed by atoms with Crippen molar-refractivity contribution >= 4 is 11.6 Å². The highest BCUT2D eigenvalue weighted by molar-refractivity contribution is 5.68. The Labute approximate surface area is 178 Å². The van der Waals surface area contributed by atoms with Crippen LogP contribution in [0.2, 0.25) is 0 Å². The average molecular weight is 425 g/mol. The highest BCUT2D eigenvalue weighted by Crippen LogP contribution is 2.40. The zero-order chi connectivity index (χ0) is 22.6. The van der Waals surface area contributed by atoms with Gasteiger partial charge in [-0.2, -0.15) is 13.2 Å². The van der Waals surface area contributed by atoms with Crippen molar-refractivity contribution in [3.63, 3.8) is 0 Å². The van der Waals surface area contributed by atoms with Crippen LogP contribution in [0.4, 0.5) is 24.8 Å². The molecule has 1 aliphatic rings. The van der Waals surface area contributed by atoms with Gasteiger partial charge in [-0.15, -0.1) is 0 Å². The smallest absolute Gasteiger partial charge is 0.312 e. The van der Waals surface area contributed by atoms with Gasteiger partial charge in [-0.25, -0.2) is 4.98 Å². The van der Waals surface area contributed by atoms with Crippen molar-refractivity contribution in [2.24, 2.45) is 0 Å². The summed E-state index contributed by atoms with van der Waals surface area (Å²) in [6.07, 6.45) is -2.78. The number of alkyl halides is 3. The molecule has 0 bridgehead atoms. The molecule has 0 spiro atoms. The van der Waals surface area contributed by atoms with Crippen molar-refractivity contribution in [1.29, 1.82) is 0 Å². The van der Waals surface area contributed by atoms with Gasteiger partial charge in [0.25, 0.3) is 0 Å². The third-order valence-corrected chi connectivity index (χ3v) is 5.26. The topological polar surface area (TPSA) is 24.3 Å². The van der Waals surface area contributed by atoms with Crippen LogP contribution in [0.25, 0.3) is 0 Å². The van der Waals surface area contributed by atoms with E-state index in [1.165, 1.54) is 0 Å². The molecular formula is C23H35F3N4. The van der Waals surface area contributed by atoms with Crippen LogP contribution in [0, 0.1) is 20.8 Å². The summed E-state index contributed by atoms with van der Waals surface area (Å²) in [5.41, 5.74) is 3.76. The van der Waals surface area contributed by atoms with Gasteiger partial charge in [0.05, 0.1) is 5.69 Å². The number of imidazole rings is 1. The van der Waals surface area contributed by atoms with Gasteiger partial charge in [-0.3, -0.25) is 0 Å². The van der Waals surface area contributed by atoms with Crippen LogP contribution in [0.1, 0.15) is 61.7 Å². The number of nitrogens with zero attached hydrogens (tertiary/aromatic N) is 4. The van der Waals surface area contributed by atoms with Crippen LogP contribution < -0.4 is 4.90 Å². The molecule has 30 heavy (non-hydrogen) atoms. The molecule has 168 valence electrons. The second kappa shape index (κ2) is 9.86. The normalized spacial score (nSPS) is 13.9. The molecule has 1 aromatic heterocycles. The van der Waals surface area contributed by atoms with Crippen LogP contribution in [0.5, 0.6) is 0 Å². The Balaban J connectivity index is 0.00000155. The van der Waals surface area contributed by atoms with Crippen LogP contribution in [-0.4, -0.2) is 34.6 Å². The molecule has 2 aromatic rings. The third-order valence-electron chi connectivity index (χ3n) is 5.26. The van der Waals surface area contributed by atoms with E-state index in [0.717, 1.165) is 41.8 Å². The number of anilines is 2. The summed E-state index contributed by atoms with van der Waals surface area (Å²) < 4.78 is 43.2. The second-order valence-electron chi connectivity index (χ2n) is 7.85. The summed E-state index contributed by atoms with van der Waals surface area (Å²) in [6, 6.07) is 4.15. The van der Waals surface area contributed by atoms with E-state index in [2.05, 4.69) is 17.1 Å². The lowest BCUT2D eigenvalue weighted by Gasteiger charge is -2.32. The van der Waals surface area contributed by atoms with Crippen LogP contribution in [-0.2, 0) is 19.3 Å². The SMILES string of the molecule is CC.CCCN(C)Cc1c(C(F)(F)F)nc2n1CCCN2c1c(C)cc(C)cc1C. The van der Waals surface area contributed by atoms with Crippen LogP contribution >= 0.6 is 0 Å². The van der Waals surface area contributed by atoms with Crippen molar-refractivity contribution in [2.45, 2.75) is 73.6 Å². The first-order valence-electron chi connectivity index (χ1n) is 10.8. The number of aryl methyl sites for hydroxylation is 3. The van der Waals surface area contributed by atoms with Gasteiger partial charge in [-0.05, 0) is 58.3 Å². The first kappa shape index (κ1) is 24.3. The molecule has 0 unspecified atom stereocenters. The first-order valence-corrected chi connectivity index (χ1v) is 10.8. The fourth-order valence-corrected chi connectivity index (χ4v) is 4.32. The molecule has 0 fully saturated rings. The van der Waals surface area contributed by atoms with E-state index < -0.39 is 11.9 Å². The molecule has 1 aromatic carbocycles. The standard InChI is InChI=1S/C21H29F3N4.C2H6/c1-6-8-26(5)13-17-19(21(22,23)24)25-20-27(17)9-7-10-28(20)18-15(3)11-14(2)12-16(18)4;1-2/h11-12H,6-10,13H2,1-5H3;1-2H3. The number of hydrogen-bond donors (Lipinski definition) is 0. The first-order chi connectivity index (χ1) is 14.1.